The molecular formula is C50H34O. The van der Waals surface area contributed by atoms with E-state index >= 15 is 0 Å². The first-order valence-corrected chi connectivity index (χ1v) is 17.7. The maximum Gasteiger partial charge on any atom is 0.127 e. The second-order valence-corrected chi connectivity index (χ2v) is 13.6. The summed E-state index contributed by atoms with van der Waals surface area (Å²) in [5.41, 5.74) is 14.5. The SMILES string of the molecule is c1ccc(C2(c3ccc(Oc4ccc(C5(c6ccccc6)c6ccccc6-c6ccccc65)cc4)cc3)c3ccccc3-c3ccccc32)cc1. The van der Waals surface area contributed by atoms with Gasteiger partial charge in [-0.05, 0) is 91.0 Å². The molecule has 0 heterocycles. The molecule has 0 aliphatic heterocycles. The van der Waals surface area contributed by atoms with Crippen LogP contribution in [0.5, 0.6) is 11.5 Å². The van der Waals surface area contributed by atoms with E-state index in [1.165, 1.54) is 66.8 Å². The van der Waals surface area contributed by atoms with E-state index < -0.39 is 10.8 Å². The van der Waals surface area contributed by atoms with Crippen molar-refractivity contribution in [3.63, 3.8) is 0 Å². The summed E-state index contributed by atoms with van der Waals surface area (Å²) in [5, 5.41) is 0. The van der Waals surface area contributed by atoms with Crippen LogP contribution >= 0.6 is 0 Å². The van der Waals surface area contributed by atoms with E-state index in [1.54, 1.807) is 0 Å². The van der Waals surface area contributed by atoms with E-state index in [-0.39, 0.29) is 0 Å². The third kappa shape index (κ3) is 4.22. The van der Waals surface area contributed by atoms with Crippen LogP contribution in [0.4, 0.5) is 0 Å². The molecule has 10 rings (SSSR count). The first kappa shape index (κ1) is 29.5. The first-order chi connectivity index (χ1) is 25.3. The monoisotopic (exact) mass is 650 g/mol. The minimum atomic E-state index is -0.422. The predicted molar refractivity (Wildman–Crippen MR) is 208 cm³/mol. The summed E-state index contributed by atoms with van der Waals surface area (Å²) in [6.07, 6.45) is 0. The Morgan fingerprint density at radius 2 is 0.490 bits per heavy atom. The van der Waals surface area contributed by atoms with E-state index in [9.17, 15) is 0 Å². The van der Waals surface area contributed by atoms with Crippen LogP contribution in [-0.2, 0) is 10.8 Å². The molecule has 240 valence electrons. The van der Waals surface area contributed by atoms with E-state index in [2.05, 4.69) is 206 Å². The van der Waals surface area contributed by atoms with Gasteiger partial charge in [0.15, 0.2) is 0 Å². The van der Waals surface area contributed by atoms with Gasteiger partial charge in [0.05, 0.1) is 10.8 Å². The maximum atomic E-state index is 6.57. The van der Waals surface area contributed by atoms with Gasteiger partial charge in [0.1, 0.15) is 11.5 Å². The number of hydrogen-bond acceptors (Lipinski definition) is 1. The first-order valence-electron chi connectivity index (χ1n) is 17.7. The van der Waals surface area contributed by atoms with E-state index in [1.807, 2.05) is 0 Å². The molecule has 0 atom stereocenters. The van der Waals surface area contributed by atoms with Gasteiger partial charge in [0.2, 0.25) is 0 Å². The van der Waals surface area contributed by atoms with Crippen molar-refractivity contribution in [3.8, 4) is 33.8 Å². The Bertz CT molecular complexity index is 2260. The smallest absolute Gasteiger partial charge is 0.127 e. The normalized spacial score (nSPS) is 14.2. The Hall–Kier alpha value is -6.44. The molecule has 2 aliphatic carbocycles. The number of ether oxygens (including phenoxy) is 1. The number of benzene rings is 8. The van der Waals surface area contributed by atoms with E-state index in [0.717, 1.165) is 11.5 Å². The average Bonchev–Trinajstić information content (AvgIpc) is 3.68. The fraction of sp³-hybridized carbons (Fsp3) is 0.0400. The zero-order chi connectivity index (χ0) is 33.8. The largest absolute Gasteiger partial charge is 0.457 e. The molecule has 0 saturated heterocycles. The molecule has 0 spiro atoms. The molecule has 0 unspecified atom stereocenters. The van der Waals surface area contributed by atoms with Gasteiger partial charge in [-0.15, -0.1) is 0 Å². The van der Waals surface area contributed by atoms with Crippen LogP contribution in [0.3, 0.4) is 0 Å². The third-order valence-corrected chi connectivity index (χ3v) is 11.1. The van der Waals surface area contributed by atoms with Crippen LogP contribution in [0, 0.1) is 0 Å². The van der Waals surface area contributed by atoms with E-state index in [0.29, 0.717) is 0 Å². The molecule has 0 saturated carbocycles. The summed E-state index contributed by atoms with van der Waals surface area (Å²) >= 11 is 0. The van der Waals surface area contributed by atoms with Gasteiger partial charge in [0, 0.05) is 0 Å². The molecule has 0 fully saturated rings. The predicted octanol–water partition coefficient (Wildman–Crippen LogP) is 12.2. The highest BCUT2D eigenvalue weighted by Gasteiger charge is 2.47. The maximum absolute atomic E-state index is 6.57. The lowest BCUT2D eigenvalue weighted by atomic mass is 9.68. The molecule has 1 heteroatoms. The molecule has 1 nitrogen and oxygen atoms in total. The van der Waals surface area contributed by atoms with Crippen LogP contribution < -0.4 is 4.74 Å². The van der Waals surface area contributed by atoms with Gasteiger partial charge in [-0.2, -0.15) is 0 Å². The van der Waals surface area contributed by atoms with Crippen molar-refractivity contribution in [2.75, 3.05) is 0 Å². The average molecular weight is 651 g/mol. The number of fused-ring (bicyclic) bond motifs is 6. The van der Waals surface area contributed by atoms with Crippen molar-refractivity contribution < 1.29 is 4.74 Å². The van der Waals surface area contributed by atoms with Crippen LogP contribution in [0.1, 0.15) is 44.5 Å². The fourth-order valence-corrected chi connectivity index (χ4v) is 9.11. The highest BCUT2D eigenvalue weighted by Crippen LogP contribution is 2.57. The van der Waals surface area contributed by atoms with Gasteiger partial charge < -0.3 is 4.74 Å². The second kappa shape index (κ2) is 11.6. The van der Waals surface area contributed by atoms with Crippen molar-refractivity contribution in [2.24, 2.45) is 0 Å². The topological polar surface area (TPSA) is 9.23 Å². The Kier molecular flexibility index (Phi) is 6.69. The van der Waals surface area contributed by atoms with Crippen LogP contribution in [-0.4, -0.2) is 0 Å². The Morgan fingerprint density at radius 1 is 0.235 bits per heavy atom. The highest BCUT2D eigenvalue weighted by atomic mass is 16.5. The van der Waals surface area contributed by atoms with Gasteiger partial charge in [-0.25, -0.2) is 0 Å². The minimum absolute atomic E-state index is 0.422. The van der Waals surface area contributed by atoms with Gasteiger partial charge in [0.25, 0.3) is 0 Å². The van der Waals surface area contributed by atoms with Crippen molar-refractivity contribution in [2.45, 2.75) is 10.8 Å². The molecular weight excluding hydrogens is 617 g/mol. The van der Waals surface area contributed by atoms with Crippen molar-refractivity contribution in [3.05, 3.63) is 251 Å². The fourth-order valence-electron chi connectivity index (χ4n) is 9.11. The molecule has 8 aromatic rings. The lowest BCUT2D eigenvalue weighted by Crippen LogP contribution is -2.28. The summed E-state index contributed by atoms with van der Waals surface area (Å²) in [5.74, 6) is 1.62. The quantitative estimate of drug-likeness (QED) is 0.174. The van der Waals surface area contributed by atoms with Crippen molar-refractivity contribution >= 4 is 0 Å². The van der Waals surface area contributed by atoms with Gasteiger partial charge in [-0.3, -0.25) is 0 Å². The molecule has 0 radical (unpaired) electrons. The summed E-state index contributed by atoms with van der Waals surface area (Å²) in [7, 11) is 0. The zero-order valence-electron chi connectivity index (χ0n) is 28.0. The molecule has 2 aliphatic rings. The zero-order valence-corrected chi connectivity index (χ0v) is 28.0. The van der Waals surface area contributed by atoms with Crippen LogP contribution in [0.25, 0.3) is 22.3 Å². The summed E-state index contributed by atoms with van der Waals surface area (Å²) in [4.78, 5) is 0. The standard InChI is InChI=1S/C50H34O/c1-3-15-35(16-4-1)49(45-23-11-7-19-41(45)42-20-8-12-24-46(42)49)37-27-31-39(32-28-37)51-40-33-29-38(30-34-40)50(36-17-5-2-6-18-36)47-25-13-9-21-43(47)44-22-10-14-26-48(44)50/h1-34H. The van der Waals surface area contributed by atoms with Crippen molar-refractivity contribution in [1.82, 2.24) is 0 Å². The minimum Gasteiger partial charge on any atom is -0.457 e. The Labute approximate surface area is 299 Å². The summed E-state index contributed by atoms with van der Waals surface area (Å²) < 4.78 is 6.57. The summed E-state index contributed by atoms with van der Waals surface area (Å²) in [6.45, 7) is 0. The molecule has 0 N–H and O–H groups in total. The molecule has 51 heavy (non-hydrogen) atoms. The molecule has 0 amide bonds. The summed E-state index contributed by atoms with van der Waals surface area (Å²) in [6, 6.07) is 74.6. The molecule has 0 bridgehead atoms. The van der Waals surface area contributed by atoms with Crippen molar-refractivity contribution in [1.29, 1.82) is 0 Å². The number of rotatable bonds is 6. The van der Waals surface area contributed by atoms with Gasteiger partial charge in [-0.1, -0.05) is 182 Å². The molecule has 0 aromatic heterocycles. The second-order valence-electron chi connectivity index (χ2n) is 13.6. The lowest BCUT2D eigenvalue weighted by Gasteiger charge is -2.34. The third-order valence-electron chi connectivity index (χ3n) is 11.1. The Balaban J connectivity index is 1.04. The van der Waals surface area contributed by atoms with E-state index in [4.69, 9.17) is 4.74 Å². The number of hydrogen-bond donors (Lipinski definition) is 0. The van der Waals surface area contributed by atoms with Crippen LogP contribution in [0.15, 0.2) is 206 Å². The highest BCUT2D eigenvalue weighted by molar-refractivity contribution is 5.87. The van der Waals surface area contributed by atoms with Crippen LogP contribution in [0.2, 0.25) is 0 Å². The van der Waals surface area contributed by atoms with Gasteiger partial charge >= 0.3 is 0 Å². The molecule has 8 aromatic carbocycles. The Morgan fingerprint density at radius 3 is 0.804 bits per heavy atom. The lowest BCUT2D eigenvalue weighted by molar-refractivity contribution is 0.481.